The predicted molar refractivity (Wildman–Crippen MR) is 111 cm³/mol. The van der Waals surface area contributed by atoms with E-state index in [2.05, 4.69) is 16.0 Å². The topological polar surface area (TPSA) is 69.9 Å². The van der Waals surface area contributed by atoms with Crippen molar-refractivity contribution in [1.82, 2.24) is 9.97 Å². The van der Waals surface area contributed by atoms with E-state index >= 15 is 0 Å². The first kappa shape index (κ1) is 18.1. The van der Waals surface area contributed by atoms with Gasteiger partial charge in [0.05, 0.1) is 27.9 Å². The number of hydrogen-bond donors (Lipinski definition) is 0. The maximum absolute atomic E-state index is 13.3. The van der Waals surface area contributed by atoms with Gasteiger partial charge in [0.1, 0.15) is 5.52 Å². The van der Waals surface area contributed by atoms with E-state index < -0.39 is 0 Å². The van der Waals surface area contributed by atoms with E-state index in [0.29, 0.717) is 33.3 Å². The highest BCUT2D eigenvalue weighted by molar-refractivity contribution is 7.22. The summed E-state index contributed by atoms with van der Waals surface area (Å²) in [6.07, 6.45) is 3.41. The molecule has 2 heterocycles. The van der Waals surface area contributed by atoms with Crippen LogP contribution in [0.4, 0.5) is 5.13 Å². The van der Waals surface area contributed by atoms with Crippen LogP contribution in [0.15, 0.2) is 67.0 Å². The van der Waals surface area contributed by atoms with Crippen molar-refractivity contribution in [3.8, 4) is 6.07 Å². The highest BCUT2D eigenvalue weighted by atomic mass is 35.5. The van der Waals surface area contributed by atoms with Crippen molar-refractivity contribution in [3.63, 3.8) is 0 Å². The number of hydrogen-bond acceptors (Lipinski definition) is 5. The second kappa shape index (κ2) is 7.77. The molecule has 0 aliphatic carbocycles. The number of halogens is 1. The van der Waals surface area contributed by atoms with Gasteiger partial charge in [0, 0.05) is 18.0 Å². The van der Waals surface area contributed by atoms with Gasteiger partial charge < -0.3 is 0 Å². The van der Waals surface area contributed by atoms with Crippen molar-refractivity contribution >= 4 is 44.2 Å². The summed E-state index contributed by atoms with van der Waals surface area (Å²) in [6, 6.07) is 17.9. The van der Waals surface area contributed by atoms with Crippen LogP contribution in [-0.4, -0.2) is 15.9 Å². The minimum absolute atomic E-state index is 0.205. The van der Waals surface area contributed by atoms with Crippen molar-refractivity contribution in [3.05, 3.63) is 88.7 Å². The Balaban J connectivity index is 1.77. The van der Waals surface area contributed by atoms with Crippen molar-refractivity contribution in [1.29, 1.82) is 5.26 Å². The van der Waals surface area contributed by atoms with Crippen LogP contribution in [0.5, 0.6) is 0 Å². The van der Waals surface area contributed by atoms with Gasteiger partial charge in [0.2, 0.25) is 0 Å². The summed E-state index contributed by atoms with van der Waals surface area (Å²) in [5.74, 6) is -0.205. The lowest BCUT2D eigenvalue weighted by Crippen LogP contribution is -2.30. The van der Waals surface area contributed by atoms with E-state index in [4.69, 9.17) is 16.9 Å². The lowest BCUT2D eigenvalue weighted by atomic mass is 10.1. The number of aromatic nitrogens is 2. The van der Waals surface area contributed by atoms with Gasteiger partial charge in [0.25, 0.3) is 5.91 Å². The predicted octanol–water partition coefficient (Wildman–Crippen LogP) is 5.06. The van der Waals surface area contributed by atoms with Gasteiger partial charge in [-0.1, -0.05) is 35.1 Å². The quantitative estimate of drug-likeness (QED) is 0.476. The van der Waals surface area contributed by atoms with Crippen LogP contribution in [0.25, 0.3) is 10.2 Å². The van der Waals surface area contributed by atoms with Crippen molar-refractivity contribution < 1.29 is 4.79 Å². The first-order chi connectivity index (χ1) is 13.7. The Morgan fingerprint density at radius 3 is 2.64 bits per heavy atom. The standard InChI is InChI=1S/C21H13ClN4OS/c22-17-4-1-5-18-19(17)25-21(28-18)26(13-15-3-2-10-24-12-15)20(27)16-8-6-14(11-23)7-9-16/h1-10,12H,13H2. The lowest BCUT2D eigenvalue weighted by Gasteiger charge is -2.20. The Morgan fingerprint density at radius 1 is 1.14 bits per heavy atom. The maximum Gasteiger partial charge on any atom is 0.260 e. The molecule has 4 aromatic rings. The summed E-state index contributed by atoms with van der Waals surface area (Å²) in [7, 11) is 0. The van der Waals surface area contributed by atoms with Gasteiger partial charge in [-0.15, -0.1) is 0 Å². The second-order valence-corrected chi connectivity index (χ2v) is 7.44. The van der Waals surface area contributed by atoms with Crippen LogP contribution in [0.3, 0.4) is 0 Å². The molecule has 0 saturated heterocycles. The monoisotopic (exact) mass is 404 g/mol. The molecule has 136 valence electrons. The normalized spacial score (nSPS) is 10.6. The molecular weight excluding hydrogens is 392 g/mol. The number of nitrogens with zero attached hydrogens (tertiary/aromatic N) is 4. The third-order valence-corrected chi connectivity index (χ3v) is 5.51. The zero-order chi connectivity index (χ0) is 19.5. The molecule has 4 rings (SSSR count). The Bertz CT molecular complexity index is 1180. The molecular formula is C21H13ClN4OS. The van der Waals surface area contributed by atoms with E-state index in [-0.39, 0.29) is 5.91 Å². The number of carbonyl (C=O) groups is 1. The fourth-order valence-corrected chi connectivity index (χ4v) is 4.03. The van der Waals surface area contributed by atoms with Gasteiger partial charge >= 0.3 is 0 Å². The molecule has 0 saturated carbocycles. The van der Waals surface area contributed by atoms with Crippen LogP contribution < -0.4 is 4.90 Å². The van der Waals surface area contributed by atoms with Crippen LogP contribution in [-0.2, 0) is 6.54 Å². The summed E-state index contributed by atoms with van der Waals surface area (Å²) in [6.45, 7) is 0.324. The van der Waals surface area contributed by atoms with Gasteiger partial charge in [-0.25, -0.2) is 4.98 Å². The Kier molecular flexibility index (Phi) is 5.02. The fraction of sp³-hybridized carbons (Fsp3) is 0.0476. The number of pyridine rings is 1. The fourth-order valence-electron chi connectivity index (χ4n) is 2.76. The molecule has 0 unspecified atom stereocenters. The maximum atomic E-state index is 13.3. The first-order valence-corrected chi connectivity index (χ1v) is 9.61. The van der Waals surface area contributed by atoms with Crippen LogP contribution in [0.2, 0.25) is 5.02 Å². The van der Waals surface area contributed by atoms with E-state index in [1.54, 1.807) is 47.6 Å². The number of anilines is 1. The average Bonchev–Trinajstić information content (AvgIpc) is 3.18. The molecule has 0 aliphatic heterocycles. The number of fused-ring (bicyclic) bond motifs is 1. The Morgan fingerprint density at radius 2 is 1.96 bits per heavy atom. The van der Waals surface area contributed by atoms with E-state index in [9.17, 15) is 4.79 Å². The minimum Gasteiger partial charge on any atom is -0.279 e. The zero-order valence-corrected chi connectivity index (χ0v) is 16.1. The van der Waals surface area contributed by atoms with Crippen LogP contribution in [0.1, 0.15) is 21.5 Å². The third-order valence-electron chi connectivity index (χ3n) is 4.16. The van der Waals surface area contributed by atoms with Crippen molar-refractivity contribution in [2.75, 3.05) is 4.90 Å². The van der Waals surface area contributed by atoms with Crippen molar-refractivity contribution in [2.24, 2.45) is 0 Å². The summed E-state index contributed by atoms with van der Waals surface area (Å²) < 4.78 is 0.909. The molecule has 2 aromatic heterocycles. The first-order valence-electron chi connectivity index (χ1n) is 8.41. The molecule has 0 atom stereocenters. The number of benzene rings is 2. The molecule has 0 aliphatic rings. The number of thiazole rings is 1. The van der Waals surface area contributed by atoms with Crippen LogP contribution >= 0.6 is 22.9 Å². The summed E-state index contributed by atoms with van der Waals surface area (Å²) in [4.78, 5) is 23.6. The third kappa shape index (κ3) is 3.58. The smallest absolute Gasteiger partial charge is 0.260 e. The van der Waals surface area contributed by atoms with E-state index in [0.717, 1.165) is 10.3 Å². The summed E-state index contributed by atoms with van der Waals surface area (Å²) >= 11 is 7.67. The van der Waals surface area contributed by atoms with Crippen LogP contribution in [0, 0.1) is 11.3 Å². The largest absolute Gasteiger partial charge is 0.279 e. The number of nitriles is 1. The molecule has 7 heteroatoms. The Labute approximate surface area is 170 Å². The van der Waals surface area contributed by atoms with Gasteiger partial charge in [-0.05, 0) is 48.0 Å². The van der Waals surface area contributed by atoms with Gasteiger partial charge in [-0.2, -0.15) is 5.26 Å². The highest BCUT2D eigenvalue weighted by Gasteiger charge is 2.22. The molecule has 0 radical (unpaired) electrons. The highest BCUT2D eigenvalue weighted by Crippen LogP contribution is 2.34. The molecule has 1 amide bonds. The molecule has 0 fully saturated rings. The number of para-hydroxylation sites is 1. The second-order valence-electron chi connectivity index (χ2n) is 6.02. The molecule has 0 bridgehead atoms. The van der Waals surface area contributed by atoms with Crippen molar-refractivity contribution in [2.45, 2.75) is 6.54 Å². The minimum atomic E-state index is -0.205. The lowest BCUT2D eigenvalue weighted by molar-refractivity contribution is 0.0985. The van der Waals surface area contributed by atoms with E-state index in [1.165, 1.54) is 11.3 Å². The molecule has 5 nitrogen and oxygen atoms in total. The summed E-state index contributed by atoms with van der Waals surface area (Å²) in [5, 5.41) is 10.1. The van der Waals surface area contributed by atoms with E-state index in [1.807, 2.05) is 24.3 Å². The number of rotatable bonds is 4. The Hall–Kier alpha value is -3.27. The summed E-state index contributed by atoms with van der Waals surface area (Å²) in [5.41, 5.74) is 2.54. The van der Waals surface area contributed by atoms with Gasteiger partial charge in [-0.3, -0.25) is 14.7 Å². The molecule has 2 aromatic carbocycles. The molecule has 0 spiro atoms. The zero-order valence-electron chi connectivity index (χ0n) is 14.5. The SMILES string of the molecule is N#Cc1ccc(C(=O)N(Cc2cccnc2)c2nc3c(Cl)cccc3s2)cc1. The molecule has 0 N–H and O–H groups in total. The number of carbonyl (C=O) groups excluding carboxylic acids is 1. The average molecular weight is 405 g/mol. The van der Waals surface area contributed by atoms with Gasteiger partial charge in [0.15, 0.2) is 5.13 Å². The molecule has 28 heavy (non-hydrogen) atoms. The number of amides is 1.